The third-order valence-electron chi connectivity index (χ3n) is 4.00. The Bertz CT molecular complexity index is 866. The minimum Gasteiger partial charge on any atom is -0.462 e. The van der Waals surface area contributed by atoms with Gasteiger partial charge in [-0.3, -0.25) is 4.79 Å². The standard InChI is InChI=1S/C21H25N3O4/c1-13(2)27-19(26)21(3,4)15-7-11-17(12-8-15)28-18(25)14-5-9-16(10-6-14)24-20(22)23/h5-13H,1-4H3,(H4,22,23,24). The highest BCUT2D eigenvalue weighted by atomic mass is 16.5. The van der Waals surface area contributed by atoms with Crippen molar-refractivity contribution in [1.29, 1.82) is 0 Å². The molecule has 28 heavy (non-hydrogen) atoms. The molecule has 2 aromatic rings. The Morgan fingerprint density at radius 2 is 1.54 bits per heavy atom. The summed E-state index contributed by atoms with van der Waals surface area (Å²) in [5.74, 6) is -0.513. The molecule has 0 aliphatic carbocycles. The van der Waals surface area contributed by atoms with Crippen LogP contribution in [0.4, 0.5) is 5.69 Å². The lowest BCUT2D eigenvalue weighted by atomic mass is 9.85. The van der Waals surface area contributed by atoms with Crippen LogP contribution in [0.5, 0.6) is 5.75 Å². The van der Waals surface area contributed by atoms with Crippen molar-refractivity contribution in [2.45, 2.75) is 39.2 Å². The molecular formula is C21H25N3O4. The Labute approximate surface area is 164 Å². The summed E-state index contributed by atoms with van der Waals surface area (Å²) in [6.45, 7) is 7.19. The zero-order chi connectivity index (χ0) is 20.9. The van der Waals surface area contributed by atoms with Crippen molar-refractivity contribution in [3.63, 3.8) is 0 Å². The highest BCUT2D eigenvalue weighted by molar-refractivity contribution is 5.91. The number of nitrogens with two attached hydrogens (primary N) is 2. The first-order valence-corrected chi connectivity index (χ1v) is 8.83. The highest BCUT2D eigenvalue weighted by Crippen LogP contribution is 2.27. The first-order valence-electron chi connectivity index (χ1n) is 8.83. The van der Waals surface area contributed by atoms with E-state index in [1.165, 1.54) is 0 Å². The Morgan fingerprint density at radius 3 is 2.04 bits per heavy atom. The topological polar surface area (TPSA) is 117 Å². The molecule has 2 rings (SSSR count). The van der Waals surface area contributed by atoms with E-state index in [1.54, 1.807) is 76.2 Å². The van der Waals surface area contributed by atoms with Gasteiger partial charge < -0.3 is 20.9 Å². The number of aliphatic imine (C=N–C) groups is 1. The lowest BCUT2D eigenvalue weighted by molar-refractivity contribution is -0.153. The molecule has 0 unspecified atom stereocenters. The maximum atomic E-state index is 12.3. The molecule has 7 heteroatoms. The number of benzene rings is 2. The number of ether oxygens (including phenoxy) is 2. The molecular weight excluding hydrogens is 358 g/mol. The minimum absolute atomic E-state index is 0.0596. The molecule has 0 fully saturated rings. The number of nitrogens with zero attached hydrogens (tertiary/aromatic N) is 1. The van der Waals surface area contributed by atoms with Gasteiger partial charge in [0.25, 0.3) is 0 Å². The quantitative estimate of drug-likeness (QED) is 0.343. The number of hydrogen-bond acceptors (Lipinski definition) is 5. The van der Waals surface area contributed by atoms with Gasteiger partial charge in [-0.15, -0.1) is 0 Å². The number of carbonyl (C=O) groups excluding carboxylic acids is 2. The molecule has 0 atom stereocenters. The molecule has 0 saturated heterocycles. The molecule has 0 spiro atoms. The van der Waals surface area contributed by atoms with E-state index in [9.17, 15) is 9.59 Å². The fourth-order valence-corrected chi connectivity index (χ4v) is 2.41. The summed E-state index contributed by atoms with van der Waals surface area (Å²) in [7, 11) is 0. The Morgan fingerprint density at radius 1 is 0.964 bits per heavy atom. The third kappa shape index (κ3) is 5.33. The molecule has 0 saturated carbocycles. The fourth-order valence-electron chi connectivity index (χ4n) is 2.41. The second-order valence-electron chi connectivity index (χ2n) is 7.08. The van der Waals surface area contributed by atoms with Crippen LogP contribution in [0.15, 0.2) is 53.5 Å². The molecule has 0 amide bonds. The lowest BCUT2D eigenvalue weighted by Crippen LogP contribution is -2.32. The van der Waals surface area contributed by atoms with E-state index in [4.69, 9.17) is 20.9 Å². The van der Waals surface area contributed by atoms with Gasteiger partial charge in [0.05, 0.1) is 22.8 Å². The van der Waals surface area contributed by atoms with E-state index in [1.807, 2.05) is 0 Å². The average molecular weight is 383 g/mol. The van der Waals surface area contributed by atoms with Crippen molar-refractivity contribution in [2.24, 2.45) is 16.5 Å². The van der Waals surface area contributed by atoms with Crippen LogP contribution in [0.3, 0.4) is 0 Å². The maximum absolute atomic E-state index is 12.3. The van der Waals surface area contributed by atoms with Crippen molar-refractivity contribution < 1.29 is 19.1 Å². The maximum Gasteiger partial charge on any atom is 0.343 e. The summed E-state index contributed by atoms with van der Waals surface area (Å²) < 4.78 is 10.7. The molecule has 0 aliphatic rings. The highest BCUT2D eigenvalue weighted by Gasteiger charge is 2.32. The van der Waals surface area contributed by atoms with E-state index < -0.39 is 11.4 Å². The average Bonchev–Trinajstić information content (AvgIpc) is 2.61. The Balaban J connectivity index is 2.08. The predicted octanol–water partition coefficient (Wildman–Crippen LogP) is 3.04. The Hall–Kier alpha value is -3.35. The first kappa shape index (κ1) is 21.0. The minimum atomic E-state index is -0.812. The summed E-state index contributed by atoms with van der Waals surface area (Å²) in [6, 6.07) is 13.1. The molecule has 0 aromatic heterocycles. The summed E-state index contributed by atoms with van der Waals surface area (Å²) in [5.41, 5.74) is 11.5. The van der Waals surface area contributed by atoms with Gasteiger partial charge in [-0.25, -0.2) is 9.79 Å². The third-order valence-corrected chi connectivity index (χ3v) is 4.00. The van der Waals surface area contributed by atoms with E-state index in [2.05, 4.69) is 4.99 Å². The molecule has 7 nitrogen and oxygen atoms in total. The van der Waals surface area contributed by atoms with Crippen LogP contribution in [0.25, 0.3) is 0 Å². The van der Waals surface area contributed by atoms with Gasteiger partial charge in [0.2, 0.25) is 0 Å². The predicted molar refractivity (Wildman–Crippen MR) is 108 cm³/mol. The second kappa shape index (κ2) is 8.56. The number of hydrogen-bond donors (Lipinski definition) is 2. The smallest absolute Gasteiger partial charge is 0.343 e. The zero-order valence-electron chi connectivity index (χ0n) is 16.4. The molecule has 148 valence electrons. The van der Waals surface area contributed by atoms with Crippen molar-refractivity contribution >= 4 is 23.6 Å². The lowest BCUT2D eigenvalue weighted by Gasteiger charge is -2.24. The van der Waals surface area contributed by atoms with Crippen molar-refractivity contribution in [1.82, 2.24) is 0 Å². The van der Waals surface area contributed by atoms with Crippen LogP contribution in [-0.4, -0.2) is 24.0 Å². The fraction of sp³-hybridized carbons (Fsp3) is 0.286. The van der Waals surface area contributed by atoms with E-state index in [-0.39, 0.29) is 18.0 Å². The van der Waals surface area contributed by atoms with Gasteiger partial charge in [-0.2, -0.15) is 0 Å². The number of carbonyl (C=O) groups is 2. The molecule has 0 aliphatic heterocycles. The Kier molecular flexibility index (Phi) is 6.41. The second-order valence-corrected chi connectivity index (χ2v) is 7.08. The van der Waals surface area contributed by atoms with Gasteiger partial charge in [0, 0.05) is 0 Å². The monoisotopic (exact) mass is 383 g/mol. The van der Waals surface area contributed by atoms with E-state index in [0.29, 0.717) is 17.0 Å². The van der Waals surface area contributed by atoms with Crippen LogP contribution < -0.4 is 16.2 Å². The molecule has 4 N–H and O–H groups in total. The first-order chi connectivity index (χ1) is 13.1. The largest absolute Gasteiger partial charge is 0.462 e. The SMILES string of the molecule is CC(C)OC(=O)C(C)(C)c1ccc(OC(=O)c2ccc(N=C(N)N)cc2)cc1. The van der Waals surface area contributed by atoms with Crippen LogP contribution >= 0.6 is 0 Å². The summed E-state index contributed by atoms with van der Waals surface area (Å²) in [4.78, 5) is 28.5. The normalized spacial score (nSPS) is 11.0. The van der Waals surface area contributed by atoms with Gasteiger partial charge in [0.1, 0.15) is 5.75 Å². The number of rotatable bonds is 6. The van der Waals surface area contributed by atoms with Gasteiger partial charge in [-0.1, -0.05) is 12.1 Å². The van der Waals surface area contributed by atoms with Crippen molar-refractivity contribution in [2.75, 3.05) is 0 Å². The van der Waals surface area contributed by atoms with Crippen LogP contribution in [-0.2, 0) is 14.9 Å². The van der Waals surface area contributed by atoms with Gasteiger partial charge >= 0.3 is 11.9 Å². The summed E-state index contributed by atoms with van der Waals surface area (Å²) >= 11 is 0. The van der Waals surface area contributed by atoms with Crippen LogP contribution in [0.2, 0.25) is 0 Å². The van der Waals surface area contributed by atoms with Crippen LogP contribution in [0, 0.1) is 0 Å². The van der Waals surface area contributed by atoms with Crippen LogP contribution in [0.1, 0.15) is 43.6 Å². The van der Waals surface area contributed by atoms with Crippen molar-refractivity contribution in [3.8, 4) is 5.75 Å². The van der Waals surface area contributed by atoms with Crippen molar-refractivity contribution in [3.05, 3.63) is 59.7 Å². The van der Waals surface area contributed by atoms with E-state index >= 15 is 0 Å². The van der Waals surface area contributed by atoms with Gasteiger partial charge in [-0.05, 0) is 69.7 Å². The number of guanidine groups is 1. The molecule has 2 aromatic carbocycles. The summed E-state index contributed by atoms with van der Waals surface area (Å²) in [5, 5.41) is 0. The summed E-state index contributed by atoms with van der Waals surface area (Å²) in [6.07, 6.45) is -0.189. The molecule has 0 bridgehead atoms. The zero-order valence-corrected chi connectivity index (χ0v) is 16.4. The number of esters is 2. The molecule has 0 heterocycles. The van der Waals surface area contributed by atoms with Gasteiger partial charge in [0.15, 0.2) is 5.96 Å². The van der Waals surface area contributed by atoms with E-state index in [0.717, 1.165) is 5.56 Å². The molecule has 0 radical (unpaired) electrons.